The van der Waals surface area contributed by atoms with Gasteiger partial charge in [0.05, 0.1) is 12.5 Å². The van der Waals surface area contributed by atoms with E-state index in [0.717, 1.165) is 12.5 Å². The Hall–Kier alpha value is -0.510. The fourth-order valence-corrected chi connectivity index (χ4v) is 5.21. The SMILES string of the molecule is CSC(C)(C)c1cnc(Cl)c(N(S(C)(=O)=O)S(C)(=O)=O)c1. The summed E-state index contributed by atoms with van der Waals surface area (Å²) in [6.45, 7) is 3.83. The van der Waals surface area contributed by atoms with E-state index in [1.807, 2.05) is 20.1 Å². The maximum Gasteiger partial charge on any atom is 0.245 e. The molecule has 120 valence electrons. The number of anilines is 1. The van der Waals surface area contributed by atoms with Crippen LogP contribution < -0.4 is 3.71 Å². The van der Waals surface area contributed by atoms with Crippen molar-refractivity contribution >= 4 is 49.1 Å². The smallest absolute Gasteiger partial charge is 0.242 e. The zero-order chi connectivity index (χ0) is 16.6. The van der Waals surface area contributed by atoms with Crippen LogP contribution in [0.3, 0.4) is 0 Å². The molecule has 0 N–H and O–H groups in total. The molecule has 0 aliphatic rings. The van der Waals surface area contributed by atoms with E-state index in [0.29, 0.717) is 9.27 Å². The fourth-order valence-electron chi connectivity index (χ4n) is 1.61. The molecule has 1 rings (SSSR count). The van der Waals surface area contributed by atoms with E-state index in [1.54, 1.807) is 0 Å². The summed E-state index contributed by atoms with van der Waals surface area (Å²) in [7, 11) is -8.11. The van der Waals surface area contributed by atoms with Crippen molar-refractivity contribution in [2.75, 3.05) is 22.5 Å². The van der Waals surface area contributed by atoms with Gasteiger partial charge >= 0.3 is 0 Å². The van der Waals surface area contributed by atoms with E-state index >= 15 is 0 Å². The van der Waals surface area contributed by atoms with Gasteiger partial charge in [-0.1, -0.05) is 11.6 Å². The predicted octanol–water partition coefficient (Wildman–Crippen LogP) is 2.06. The summed E-state index contributed by atoms with van der Waals surface area (Å²) in [4.78, 5) is 3.92. The monoisotopic (exact) mass is 372 g/mol. The lowest BCUT2D eigenvalue weighted by Gasteiger charge is -2.25. The molecule has 0 radical (unpaired) electrons. The van der Waals surface area contributed by atoms with E-state index in [4.69, 9.17) is 11.6 Å². The van der Waals surface area contributed by atoms with Crippen molar-refractivity contribution in [1.82, 2.24) is 4.98 Å². The van der Waals surface area contributed by atoms with Gasteiger partial charge in [-0.2, -0.15) is 15.5 Å². The van der Waals surface area contributed by atoms with Gasteiger partial charge in [-0.3, -0.25) is 0 Å². The molecule has 0 amide bonds. The summed E-state index contributed by atoms with van der Waals surface area (Å²) in [5, 5.41) is -0.188. The third kappa shape index (κ3) is 4.24. The van der Waals surface area contributed by atoms with Gasteiger partial charge in [0, 0.05) is 10.9 Å². The zero-order valence-corrected chi connectivity index (χ0v) is 15.5. The Kier molecular flexibility index (Phi) is 5.24. The summed E-state index contributed by atoms with van der Waals surface area (Å²) < 4.78 is 47.2. The molecule has 0 unspecified atom stereocenters. The molecule has 0 aliphatic heterocycles. The third-order valence-corrected chi connectivity index (χ3v) is 7.60. The molecule has 6 nitrogen and oxygen atoms in total. The Morgan fingerprint density at radius 1 is 1.19 bits per heavy atom. The molecule has 1 aromatic rings. The van der Waals surface area contributed by atoms with Crippen molar-refractivity contribution in [3.63, 3.8) is 0 Å². The van der Waals surface area contributed by atoms with E-state index in [1.165, 1.54) is 24.0 Å². The summed E-state index contributed by atoms with van der Waals surface area (Å²) in [6, 6.07) is 1.44. The average molecular weight is 373 g/mol. The van der Waals surface area contributed by atoms with Crippen LogP contribution in [0.25, 0.3) is 0 Å². The molecule has 0 aromatic carbocycles. The number of nitrogens with zero attached hydrogens (tertiary/aromatic N) is 2. The highest BCUT2D eigenvalue weighted by molar-refractivity contribution is 8.09. The van der Waals surface area contributed by atoms with Gasteiger partial charge in [-0.25, -0.2) is 21.8 Å². The fraction of sp³-hybridized carbons (Fsp3) is 0.545. The quantitative estimate of drug-likeness (QED) is 0.735. The zero-order valence-electron chi connectivity index (χ0n) is 12.3. The van der Waals surface area contributed by atoms with Gasteiger partial charge in [0.15, 0.2) is 5.15 Å². The van der Waals surface area contributed by atoms with Crippen molar-refractivity contribution in [2.45, 2.75) is 18.6 Å². The molecular weight excluding hydrogens is 356 g/mol. The van der Waals surface area contributed by atoms with Crippen LogP contribution in [-0.2, 0) is 24.8 Å². The lowest BCUT2D eigenvalue weighted by molar-refractivity contribution is 0.590. The molecule has 0 saturated heterocycles. The number of hydrogen-bond donors (Lipinski definition) is 0. The van der Waals surface area contributed by atoms with Crippen LogP contribution in [-0.4, -0.2) is 40.6 Å². The van der Waals surface area contributed by atoms with E-state index in [-0.39, 0.29) is 15.6 Å². The average Bonchev–Trinajstić information content (AvgIpc) is 2.28. The number of sulfonamides is 2. The van der Waals surface area contributed by atoms with Gasteiger partial charge < -0.3 is 0 Å². The van der Waals surface area contributed by atoms with Crippen LogP contribution in [0.2, 0.25) is 5.15 Å². The lowest BCUT2D eigenvalue weighted by Crippen LogP contribution is -2.35. The summed E-state index contributed by atoms with van der Waals surface area (Å²) in [5.74, 6) is 0. The highest BCUT2D eigenvalue weighted by atomic mass is 35.5. The van der Waals surface area contributed by atoms with Crippen molar-refractivity contribution in [3.8, 4) is 0 Å². The molecule has 1 heterocycles. The van der Waals surface area contributed by atoms with Gasteiger partial charge in [-0.15, -0.1) is 0 Å². The lowest BCUT2D eigenvalue weighted by atomic mass is 10.0. The summed E-state index contributed by atoms with van der Waals surface area (Å²) >= 11 is 7.43. The maximum absolute atomic E-state index is 11.8. The molecule has 0 aliphatic carbocycles. The predicted molar refractivity (Wildman–Crippen MR) is 88.0 cm³/mol. The standard InChI is InChI=1S/C11H17ClN2O4S3/c1-11(2,19-3)8-6-9(10(12)13-7-8)14(20(4,15)16)21(5,17)18/h6-7H,1-5H3. The molecule has 0 atom stereocenters. The number of pyridine rings is 1. The first kappa shape index (κ1) is 18.5. The Morgan fingerprint density at radius 2 is 1.67 bits per heavy atom. The van der Waals surface area contributed by atoms with Gasteiger partial charge in [-0.05, 0) is 31.7 Å². The van der Waals surface area contributed by atoms with Crippen molar-refractivity contribution < 1.29 is 16.8 Å². The first-order valence-electron chi connectivity index (χ1n) is 5.72. The van der Waals surface area contributed by atoms with Crippen molar-refractivity contribution in [1.29, 1.82) is 0 Å². The summed E-state index contributed by atoms with van der Waals surface area (Å²) in [5.41, 5.74) is 0.507. The normalized spacial score (nSPS) is 13.2. The Labute approximate surface area is 135 Å². The van der Waals surface area contributed by atoms with Crippen LogP contribution in [0.1, 0.15) is 19.4 Å². The minimum atomic E-state index is -4.05. The molecule has 21 heavy (non-hydrogen) atoms. The third-order valence-electron chi connectivity index (χ3n) is 2.83. The van der Waals surface area contributed by atoms with Gasteiger partial charge in [0.2, 0.25) is 20.0 Å². The van der Waals surface area contributed by atoms with Crippen LogP contribution in [0, 0.1) is 0 Å². The van der Waals surface area contributed by atoms with Crippen LogP contribution >= 0.6 is 23.4 Å². The highest BCUT2D eigenvalue weighted by Crippen LogP contribution is 2.37. The van der Waals surface area contributed by atoms with E-state index in [9.17, 15) is 16.8 Å². The van der Waals surface area contributed by atoms with Crippen LogP contribution in [0.4, 0.5) is 5.69 Å². The highest BCUT2D eigenvalue weighted by Gasteiger charge is 2.31. The van der Waals surface area contributed by atoms with E-state index < -0.39 is 20.0 Å². The molecule has 10 heteroatoms. The maximum atomic E-state index is 11.8. The van der Waals surface area contributed by atoms with Crippen LogP contribution in [0.5, 0.6) is 0 Å². The molecule has 0 saturated carbocycles. The second-order valence-electron chi connectivity index (χ2n) is 4.97. The topological polar surface area (TPSA) is 84.4 Å². The Morgan fingerprint density at radius 3 is 2.05 bits per heavy atom. The Bertz CT molecular complexity index is 713. The molecule has 0 bridgehead atoms. The largest absolute Gasteiger partial charge is 0.245 e. The van der Waals surface area contributed by atoms with Gasteiger partial charge in [0.25, 0.3) is 0 Å². The number of aromatic nitrogens is 1. The number of rotatable bonds is 5. The number of thioether (sulfide) groups is 1. The molecule has 0 spiro atoms. The minimum Gasteiger partial charge on any atom is -0.242 e. The second-order valence-corrected chi connectivity index (χ2v) is 10.7. The summed E-state index contributed by atoms with van der Waals surface area (Å²) in [6.07, 6.45) is 5.00. The van der Waals surface area contributed by atoms with Gasteiger partial charge in [0.1, 0.15) is 5.69 Å². The van der Waals surface area contributed by atoms with E-state index in [2.05, 4.69) is 4.98 Å². The van der Waals surface area contributed by atoms with Crippen LogP contribution in [0.15, 0.2) is 12.3 Å². The number of hydrogen-bond acceptors (Lipinski definition) is 6. The van der Waals surface area contributed by atoms with Crippen molar-refractivity contribution in [2.24, 2.45) is 0 Å². The molecule has 0 fully saturated rings. The minimum absolute atomic E-state index is 0.165. The Balaban J connectivity index is 3.65. The second kappa shape index (κ2) is 5.94. The molecule has 1 aromatic heterocycles. The first-order valence-corrected chi connectivity index (χ1v) is 11.0. The molecular formula is C11H17ClN2O4S3. The van der Waals surface area contributed by atoms with Crippen molar-refractivity contribution in [3.05, 3.63) is 23.0 Å². The first-order chi connectivity index (χ1) is 9.30. The number of halogens is 1.